The lowest BCUT2D eigenvalue weighted by Gasteiger charge is -2.29. The molecule has 1 aliphatic heterocycles. The smallest absolute Gasteiger partial charge is 0.253 e. The van der Waals surface area contributed by atoms with Gasteiger partial charge in [0.15, 0.2) is 11.5 Å². The van der Waals surface area contributed by atoms with Crippen molar-refractivity contribution in [2.24, 2.45) is 0 Å². The van der Waals surface area contributed by atoms with E-state index in [9.17, 15) is 9.90 Å². The number of aryl methyl sites for hydroxylation is 1. The molecule has 43 heavy (non-hydrogen) atoms. The number of hydrogen-bond acceptors (Lipinski definition) is 9. The number of nitrogens with one attached hydrogen (secondary N) is 2. The van der Waals surface area contributed by atoms with E-state index in [2.05, 4.69) is 15.3 Å². The first-order valence-electron chi connectivity index (χ1n) is 14.8. The molecule has 222 valence electrons. The monoisotopic (exact) mass is 582 g/mol. The lowest BCUT2D eigenvalue weighted by molar-refractivity contribution is 0.0546. The fourth-order valence-electron chi connectivity index (χ4n) is 6.04. The van der Waals surface area contributed by atoms with Crippen molar-refractivity contribution in [1.29, 1.82) is 0 Å². The lowest BCUT2D eigenvalue weighted by Crippen LogP contribution is -2.40. The Morgan fingerprint density at radius 2 is 1.88 bits per heavy atom. The molecule has 0 unspecified atom stereocenters. The highest BCUT2D eigenvalue weighted by atomic mass is 16.5. The summed E-state index contributed by atoms with van der Waals surface area (Å²) in [5.41, 5.74) is 5.16. The average Bonchev–Trinajstić information content (AvgIpc) is 3.76. The fraction of sp³-hybridized carbons (Fsp3) is 0.375. The van der Waals surface area contributed by atoms with Gasteiger partial charge >= 0.3 is 0 Å². The summed E-state index contributed by atoms with van der Waals surface area (Å²) in [6.07, 6.45) is 7.05. The van der Waals surface area contributed by atoms with E-state index in [1.807, 2.05) is 31.3 Å². The van der Waals surface area contributed by atoms with E-state index in [1.54, 1.807) is 30.2 Å². The summed E-state index contributed by atoms with van der Waals surface area (Å²) < 4.78 is 18.0. The number of aliphatic hydroxyl groups excluding tert-OH is 1. The number of hydrogen-bond donors (Lipinski definition) is 3. The number of benzene rings is 2. The Kier molecular flexibility index (Phi) is 7.10. The van der Waals surface area contributed by atoms with Crippen LogP contribution in [0.25, 0.3) is 33.3 Å². The average molecular weight is 583 g/mol. The normalized spacial score (nSPS) is 16.3. The number of fused-ring (bicyclic) bond motifs is 2. The van der Waals surface area contributed by atoms with Crippen LogP contribution >= 0.6 is 0 Å². The van der Waals surface area contributed by atoms with Crippen molar-refractivity contribution < 1.29 is 23.8 Å². The molecule has 4 heterocycles. The van der Waals surface area contributed by atoms with E-state index < -0.39 is 0 Å². The van der Waals surface area contributed by atoms with E-state index in [-0.39, 0.29) is 18.1 Å². The summed E-state index contributed by atoms with van der Waals surface area (Å²) in [6, 6.07) is 11.2. The van der Waals surface area contributed by atoms with Gasteiger partial charge in [-0.1, -0.05) is 6.07 Å². The molecule has 0 bridgehead atoms. The third kappa shape index (κ3) is 5.36. The van der Waals surface area contributed by atoms with Crippen LogP contribution in [0, 0.1) is 6.92 Å². The lowest BCUT2D eigenvalue weighted by atomic mass is 10.1. The Labute approximate surface area is 248 Å². The van der Waals surface area contributed by atoms with Crippen LogP contribution in [0.2, 0.25) is 0 Å². The first-order chi connectivity index (χ1) is 20.9. The molecule has 5 aromatic rings. The number of piperidine rings is 1. The zero-order valence-electron chi connectivity index (χ0n) is 24.2. The first-order valence-corrected chi connectivity index (χ1v) is 14.8. The van der Waals surface area contributed by atoms with Crippen molar-refractivity contribution in [3.8, 4) is 22.8 Å². The Morgan fingerprint density at radius 3 is 2.67 bits per heavy atom. The standard InChI is InChI=1S/C32H34N6O5/c1-18-34-25-9-7-19(15-27(25)42-18)23-17-33-29-28(23)30(43-22-5-3-4-6-22)37-32(36-29)35-24-10-8-20(16-26(24)41-2)31(40)38-13-11-21(39)12-14-38/h7-10,15-17,21-22,39H,3-6,11-14H2,1-2H3,(H2,33,35,36,37). The van der Waals surface area contributed by atoms with E-state index in [0.717, 1.165) is 47.7 Å². The third-order valence-corrected chi connectivity index (χ3v) is 8.33. The predicted octanol–water partition coefficient (Wildman–Crippen LogP) is 5.75. The van der Waals surface area contributed by atoms with Crippen LogP contribution in [0.1, 0.15) is 54.8 Å². The van der Waals surface area contributed by atoms with E-state index in [0.29, 0.717) is 71.9 Å². The number of likely N-dealkylation sites (tertiary alicyclic amines) is 1. The van der Waals surface area contributed by atoms with Crippen LogP contribution in [0.15, 0.2) is 47.0 Å². The Hall–Kier alpha value is -4.64. The van der Waals surface area contributed by atoms with Crippen LogP contribution in [0.4, 0.5) is 11.6 Å². The third-order valence-electron chi connectivity index (χ3n) is 8.33. The summed E-state index contributed by atoms with van der Waals surface area (Å²) >= 11 is 0. The molecule has 2 aliphatic rings. The number of oxazole rings is 1. The van der Waals surface area contributed by atoms with E-state index in [4.69, 9.17) is 23.9 Å². The fourth-order valence-corrected chi connectivity index (χ4v) is 6.04. The second kappa shape index (κ2) is 11.2. The number of H-pyrrole nitrogens is 1. The molecule has 0 atom stereocenters. The topological polar surface area (TPSA) is 139 Å². The molecule has 0 spiro atoms. The predicted molar refractivity (Wildman–Crippen MR) is 162 cm³/mol. The second-order valence-electron chi connectivity index (χ2n) is 11.3. The molecule has 7 rings (SSSR count). The minimum absolute atomic E-state index is 0.0840. The van der Waals surface area contributed by atoms with Gasteiger partial charge in [0.1, 0.15) is 23.0 Å². The van der Waals surface area contributed by atoms with Crippen molar-refractivity contribution in [1.82, 2.24) is 24.8 Å². The first kappa shape index (κ1) is 27.2. The van der Waals surface area contributed by atoms with Gasteiger partial charge in [-0.25, -0.2) is 4.98 Å². The van der Waals surface area contributed by atoms with Crippen molar-refractivity contribution in [3.63, 3.8) is 0 Å². The number of aliphatic hydroxyl groups is 1. The molecule has 1 saturated carbocycles. The number of ether oxygens (including phenoxy) is 2. The molecule has 1 aliphatic carbocycles. The summed E-state index contributed by atoms with van der Waals surface area (Å²) in [7, 11) is 1.56. The molecule has 1 amide bonds. The maximum Gasteiger partial charge on any atom is 0.253 e. The molecule has 11 heteroatoms. The van der Waals surface area contributed by atoms with Gasteiger partial charge in [0.25, 0.3) is 5.91 Å². The largest absolute Gasteiger partial charge is 0.495 e. The van der Waals surface area contributed by atoms with Gasteiger partial charge in [-0.15, -0.1) is 0 Å². The Morgan fingerprint density at radius 1 is 1.07 bits per heavy atom. The van der Waals surface area contributed by atoms with Crippen molar-refractivity contribution >= 4 is 39.7 Å². The molecular formula is C32H34N6O5. The van der Waals surface area contributed by atoms with E-state index >= 15 is 0 Å². The summed E-state index contributed by atoms with van der Waals surface area (Å²) in [5, 5.41) is 13.9. The van der Waals surface area contributed by atoms with Gasteiger partial charge in [0.05, 0.1) is 24.3 Å². The van der Waals surface area contributed by atoms with Gasteiger partial charge in [-0.05, 0) is 74.4 Å². The van der Waals surface area contributed by atoms with Gasteiger partial charge < -0.3 is 34.2 Å². The molecule has 2 fully saturated rings. The van der Waals surface area contributed by atoms with Crippen LogP contribution in [0.3, 0.4) is 0 Å². The van der Waals surface area contributed by atoms with Crippen molar-refractivity contribution in [2.45, 2.75) is 57.7 Å². The number of methoxy groups -OCH3 is 1. The summed E-state index contributed by atoms with van der Waals surface area (Å²) in [4.78, 5) is 32.2. The van der Waals surface area contributed by atoms with Crippen LogP contribution < -0.4 is 14.8 Å². The number of rotatable bonds is 7. The van der Waals surface area contributed by atoms with Gasteiger partial charge in [0, 0.05) is 37.3 Å². The number of nitrogens with zero attached hydrogens (tertiary/aromatic N) is 4. The zero-order valence-corrected chi connectivity index (χ0v) is 24.2. The zero-order chi connectivity index (χ0) is 29.5. The van der Waals surface area contributed by atoms with Crippen LogP contribution in [-0.4, -0.2) is 68.3 Å². The Balaban J connectivity index is 1.22. The second-order valence-corrected chi connectivity index (χ2v) is 11.3. The number of anilines is 2. The maximum atomic E-state index is 13.1. The quantitative estimate of drug-likeness (QED) is 0.219. The summed E-state index contributed by atoms with van der Waals surface area (Å²) in [5.74, 6) is 1.88. The van der Waals surface area contributed by atoms with Crippen molar-refractivity contribution in [2.75, 3.05) is 25.5 Å². The highest BCUT2D eigenvalue weighted by molar-refractivity contribution is 5.99. The molecule has 2 aromatic carbocycles. The van der Waals surface area contributed by atoms with Crippen LogP contribution in [0.5, 0.6) is 11.6 Å². The minimum Gasteiger partial charge on any atom is -0.495 e. The van der Waals surface area contributed by atoms with Gasteiger partial charge in [0.2, 0.25) is 11.8 Å². The maximum absolute atomic E-state index is 13.1. The highest BCUT2D eigenvalue weighted by Crippen LogP contribution is 2.38. The SMILES string of the molecule is COc1cc(C(=O)N2CCC(O)CC2)ccc1Nc1nc(OC2CCCC2)c2c(-c3ccc4nc(C)oc4c3)c[nH]c2n1. The highest BCUT2D eigenvalue weighted by Gasteiger charge is 2.25. The number of carbonyl (C=O) groups is 1. The minimum atomic E-state index is -0.345. The van der Waals surface area contributed by atoms with Crippen molar-refractivity contribution in [3.05, 3.63) is 54.0 Å². The molecular weight excluding hydrogens is 548 g/mol. The number of aromatic amines is 1. The van der Waals surface area contributed by atoms with E-state index in [1.165, 1.54) is 0 Å². The number of carbonyl (C=O) groups excluding carboxylic acids is 1. The molecule has 1 saturated heterocycles. The van der Waals surface area contributed by atoms with Gasteiger partial charge in [-0.2, -0.15) is 9.97 Å². The number of aromatic nitrogens is 4. The Bertz CT molecular complexity index is 1800. The van der Waals surface area contributed by atoms with Gasteiger partial charge in [-0.3, -0.25) is 4.79 Å². The molecule has 11 nitrogen and oxygen atoms in total. The molecule has 3 N–H and O–H groups in total. The molecule has 3 aromatic heterocycles. The number of amides is 1. The summed E-state index contributed by atoms with van der Waals surface area (Å²) in [6.45, 7) is 2.90. The van der Waals surface area contributed by atoms with Crippen LogP contribution in [-0.2, 0) is 0 Å². The molecule has 0 radical (unpaired) electrons.